The number of allylic oxidation sites excluding steroid dienone is 2. The molecule has 5 heteroatoms. The molecule has 0 bridgehead atoms. The summed E-state index contributed by atoms with van der Waals surface area (Å²) < 4.78 is 0. The van der Waals surface area contributed by atoms with Gasteiger partial charge in [-0.05, 0) is 69.0 Å². The Kier molecular flexibility index (Phi) is 8.19. The van der Waals surface area contributed by atoms with Crippen LogP contribution in [-0.2, 0) is 4.79 Å². The van der Waals surface area contributed by atoms with E-state index < -0.39 is 5.97 Å². The Morgan fingerprint density at radius 2 is 2.27 bits per heavy atom. The van der Waals surface area contributed by atoms with Gasteiger partial charge in [-0.15, -0.1) is 11.3 Å². The second-order valence-corrected chi connectivity index (χ2v) is 8.82. The lowest BCUT2D eigenvalue weighted by Crippen LogP contribution is -2.39. The Balaban J connectivity index is 2.15. The van der Waals surface area contributed by atoms with Crippen LogP contribution in [0.1, 0.15) is 43.6 Å². The molecule has 0 aromatic carbocycles. The fourth-order valence-corrected chi connectivity index (χ4v) is 5.08. The average Bonchev–Trinajstić information content (AvgIpc) is 3.03. The monoisotopic (exact) mass is 391 g/mol. The van der Waals surface area contributed by atoms with Crippen molar-refractivity contribution in [1.82, 2.24) is 4.90 Å². The molecular formula is C21H29NO2S2. The first kappa shape index (κ1) is 21.0. The number of likely N-dealkylation sites (tertiary alicyclic amines) is 1. The Morgan fingerprint density at radius 1 is 1.50 bits per heavy atom. The molecule has 3 nitrogen and oxygen atoms in total. The summed E-state index contributed by atoms with van der Waals surface area (Å²) in [6, 6.07) is 2.16. The molecule has 0 aliphatic carbocycles. The molecule has 142 valence electrons. The molecule has 1 aliphatic heterocycles. The number of carboxylic acid groups (broad SMARTS) is 1. The summed E-state index contributed by atoms with van der Waals surface area (Å²) in [6.07, 6.45) is 5.03. The molecule has 26 heavy (non-hydrogen) atoms. The van der Waals surface area contributed by atoms with E-state index in [1.165, 1.54) is 26.5 Å². The van der Waals surface area contributed by atoms with E-state index in [-0.39, 0.29) is 5.92 Å². The van der Waals surface area contributed by atoms with E-state index in [9.17, 15) is 9.90 Å². The molecule has 1 aliphatic rings. The number of hydrogen-bond donors (Lipinski definition) is 1. The summed E-state index contributed by atoms with van der Waals surface area (Å²) in [7, 11) is 0. The van der Waals surface area contributed by atoms with Crippen molar-refractivity contribution in [2.45, 2.75) is 40.0 Å². The van der Waals surface area contributed by atoms with Crippen LogP contribution in [0.25, 0.3) is 5.57 Å². The second-order valence-electron chi connectivity index (χ2n) is 6.93. The lowest BCUT2D eigenvalue weighted by atomic mass is 9.98. The van der Waals surface area contributed by atoms with Crippen molar-refractivity contribution < 1.29 is 9.90 Å². The summed E-state index contributed by atoms with van der Waals surface area (Å²) in [4.78, 5) is 16.1. The molecule has 1 aromatic rings. The van der Waals surface area contributed by atoms with Crippen LogP contribution in [0.15, 0.2) is 40.0 Å². The first-order chi connectivity index (χ1) is 12.4. The zero-order valence-corrected chi connectivity index (χ0v) is 17.6. The standard InChI is InChI=1S/C21H29NO2S2/c1-5-25-19(15(2)3)18(20-16(4)10-13-26-20)9-7-12-22-11-6-8-17(14-22)21(23)24/h5,9-10,13,17H,1,6-8,11-12,14H2,2-4H3,(H,23,24)/b18-9-. The van der Waals surface area contributed by atoms with Crippen molar-refractivity contribution in [2.24, 2.45) is 5.92 Å². The highest BCUT2D eigenvalue weighted by Gasteiger charge is 2.24. The van der Waals surface area contributed by atoms with Crippen LogP contribution >= 0.6 is 23.1 Å². The zero-order chi connectivity index (χ0) is 19.1. The molecular weight excluding hydrogens is 362 g/mol. The normalized spacial score (nSPS) is 18.6. The van der Waals surface area contributed by atoms with E-state index in [2.05, 4.69) is 49.8 Å². The van der Waals surface area contributed by atoms with Gasteiger partial charge in [-0.1, -0.05) is 30.0 Å². The van der Waals surface area contributed by atoms with Crippen molar-refractivity contribution in [3.63, 3.8) is 0 Å². The zero-order valence-electron chi connectivity index (χ0n) is 16.0. The van der Waals surface area contributed by atoms with Crippen LogP contribution in [0, 0.1) is 12.8 Å². The number of hydrogen-bond acceptors (Lipinski definition) is 4. The van der Waals surface area contributed by atoms with Crippen LogP contribution in [0.2, 0.25) is 0 Å². The van der Waals surface area contributed by atoms with Gasteiger partial charge in [0.2, 0.25) is 0 Å². The molecule has 0 saturated carbocycles. The largest absolute Gasteiger partial charge is 0.481 e. The maximum absolute atomic E-state index is 11.3. The number of rotatable bonds is 8. The number of aliphatic carboxylic acids is 1. The van der Waals surface area contributed by atoms with E-state index in [1.807, 2.05) is 5.41 Å². The first-order valence-corrected chi connectivity index (χ1v) is 10.8. The number of piperidine rings is 1. The SMILES string of the molecule is C=CSC(=C(C)C)/C(=C/CCN1CCCC(C(=O)O)C1)c1sccc1C. The Hall–Kier alpha value is -1.30. The van der Waals surface area contributed by atoms with Gasteiger partial charge in [0.25, 0.3) is 0 Å². The van der Waals surface area contributed by atoms with Crippen molar-refractivity contribution >= 4 is 34.6 Å². The molecule has 0 amide bonds. The van der Waals surface area contributed by atoms with Crippen molar-refractivity contribution in [1.29, 1.82) is 0 Å². The van der Waals surface area contributed by atoms with Gasteiger partial charge in [0, 0.05) is 28.4 Å². The van der Waals surface area contributed by atoms with Crippen LogP contribution in [-0.4, -0.2) is 35.6 Å². The van der Waals surface area contributed by atoms with E-state index >= 15 is 0 Å². The minimum Gasteiger partial charge on any atom is -0.481 e. The van der Waals surface area contributed by atoms with Crippen LogP contribution in [0.4, 0.5) is 0 Å². The van der Waals surface area contributed by atoms with Gasteiger partial charge < -0.3 is 10.0 Å². The Morgan fingerprint density at radius 3 is 2.85 bits per heavy atom. The quantitative estimate of drug-likeness (QED) is 0.569. The smallest absolute Gasteiger partial charge is 0.307 e. The summed E-state index contributed by atoms with van der Waals surface area (Å²) in [6.45, 7) is 12.9. The van der Waals surface area contributed by atoms with Crippen LogP contribution < -0.4 is 0 Å². The molecule has 0 radical (unpaired) electrons. The maximum atomic E-state index is 11.3. The predicted molar refractivity (Wildman–Crippen MR) is 115 cm³/mol. The van der Waals surface area contributed by atoms with Gasteiger partial charge in [-0.2, -0.15) is 0 Å². The van der Waals surface area contributed by atoms with E-state index in [1.54, 1.807) is 23.1 Å². The summed E-state index contributed by atoms with van der Waals surface area (Å²) in [5.41, 5.74) is 3.88. The van der Waals surface area contributed by atoms with Gasteiger partial charge in [0.15, 0.2) is 0 Å². The third-order valence-corrected chi connectivity index (χ3v) is 6.74. The topological polar surface area (TPSA) is 40.5 Å². The van der Waals surface area contributed by atoms with Gasteiger partial charge >= 0.3 is 5.97 Å². The Bertz CT molecular complexity index is 699. The molecule has 2 rings (SSSR count). The van der Waals surface area contributed by atoms with Gasteiger partial charge in [-0.3, -0.25) is 4.79 Å². The minimum atomic E-state index is -0.658. The first-order valence-electron chi connectivity index (χ1n) is 9.09. The molecule has 1 atom stereocenters. The lowest BCUT2D eigenvalue weighted by molar-refractivity contribution is -0.143. The highest BCUT2D eigenvalue weighted by atomic mass is 32.2. The minimum absolute atomic E-state index is 0.212. The van der Waals surface area contributed by atoms with Gasteiger partial charge in [0.1, 0.15) is 0 Å². The fourth-order valence-electron chi connectivity index (χ4n) is 3.32. The van der Waals surface area contributed by atoms with Gasteiger partial charge in [-0.25, -0.2) is 0 Å². The molecule has 0 spiro atoms. The molecule has 1 fully saturated rings. The predicted octanol–water partition coefficient (Wildman–Crippen LogP) is 5.80. The highest BCUT2D eigenvalue weighted by molar-refractivity contribution is 8.06. The maximum Gasteiger partial charge on any atom is 0.307 e. The summed E-state index contributed by atoms with van der Waals surface area (Å²) in [5, 5.41) is 13.3. The summed E-state index contributed by atoms with van der Waals surface area (Å²) >= 11 is 3.46. The third-order valence-electron chi connectivity index (χ3n) is 4.66. The van der Waals surface area contributed by atoms with E-state index in [0.717, 1.165) is 32.4 Å². The molecule has 2 heterocycles. The second kappa shape index (κ2) is 10.1. The van der Waals surface area contributed by atoms with Crippen molar-refractivity contribution in [3.05, 3.63) is 50.4 Å². The number of aryl methyl sites for hydroxylation is 1. The highest BCUT2D eigenvalue weighted by Crippen LogP contribution is 2.38. The van der Waals surface area contributed by atoms with Crippen molar-refractivity contribution in [2.75, 3.05) is 19.6 Å². The Labute approximate surface area is 165 Å². The van der Waals surface area contributed by atoms with Crippen molar-refractivity contribution in [3.8, 4) is 0 Å². The number of carboxylic acids is 1. The fraction of sp³-hybridized carbons (Fsp3) is 0.476. The third kappa shape index (κ3) is 5.60. The van der Waals surface area contributed by atoms with Crippen LogP contribution in [0.3, 0.4) is 0 Å². The van der Waals surface area contributed by atoms with E-state index in [0.29, 0.717) is 6.54 Å². The molecule has 1 unspecified atom stereocenters. The summed E-state index contributed by atoms with van der Waals surface area (Å²) in [5.74, 6) is -0.870. The molecule has 1 aromatic heterocycles. The number of thiophene rings is 1. The molecule has 1 N–H and O–H groups in total. The lowest BCUT2D eigenvalue weighted by Gasteiger charge is -2.30. The van der Waals surface area contributed by atoms with Crippen LogP contribution in [0.5, 0.6) is 0 Å². The number of carbonyl (C=O) groups is 1. The molecule has 1 saturated heterocycles. The number of thioether (sulfide) groups is 1. The average molecular weight is 392 g/mol. The van der Waals surface area contributed by atoms with E-state index in [4.69, 9.17) is 0 Å². The number of nitrogens with zero attached hydrogens (tertiary/aromatic N) is 1. The van der Waals surface area contributed by atoms with Gasteiger partial charge in [0.05, 0.1) is 5.92 Å².